The van der Waals surface area contributed by atoms with Crippen molar-refractivity contribution in [2.45, 2.75) is 13.8 Å². The summed E-state index contributed by atoms with van der Waals surface area (Å²) in [6, 6.07) is 6.39. The van der Waals surface area contributed by atoms with Crippen LogP contribution in [0.5, 0.6) is 0 Å². The molecule has 0 fully saturated rings. The molecule has 0 atom stereocenters. The molecule has 1 aromatic rings. The molecular weight excluding hydrogens is 134 g/mol. The van der Waals surface area contributed by atoms with Gasteiger partial charge in [0, 0.05) is 12.1 Å². The van der Waals surface area contributed by atoms with Crippen LogP contribution in [0.15, 0.2) is 18.2 Å². The van der Waals surface area contributed by atoms with Crippen LogP contribution in [0.25, 0.3) is 5.57 Å². The SMILES string of the molecule is CC1=[C+]Nc2cc(C)ccc21. The minimum Gasteiger partial charge on any atom is -0.197 e. The van der Waals surface area contributed by atoms with Crippen molar-refractivity contribution in [3.63, 3.8) is 0 Å². The quantitative estimate of drug-likeness (QED) is 0.552. The highest BCUT2D eigenvalue weighted by Gasteiger charge is 2.21. The Morgan fingerprint density at radius 1 is 1.27 bits per heavy atom. The first-order valence-electron chi connectivity index (χ1n) is 3.74. The molecule has 0 aliphatic carbocycles. The normalized spacial score (nSPS) is 13.1. The highest BCUT2D eigenvalue weighted by atomic mass is 14.9. The third-order valence-electron chi connectivity index (χ3n) is 1.96. The van der Waals surface area contributed by atoms with E-state index in [0.717, 1.165) is 0 Å². The summed E-state index contributed by atoms with van der Waals surface area (Å²) >= 11 is 0. The lowest BCUT2D eigenvalue weighted by molar-refractivity contribution is 1.45. The number of benzene rings is 1. The molecular formula is C10H10N+. The standard InChI is InChI=1S/C10H10N/c1-7-3-4-9-8(2)6-11-10(9)5-7/h3-5,11H,1-2H3/q+1. The molecule has 1 aromatic carbocycles. The average Bonchev–Trinajstić information content (AvgIpc) is 2.32. The number of anilines is 1. The topological polar surface area (TPSA) is 12.0 Å². The molecule has 11 heavy (non-hydrogen) atoms. The van der Waals surface area contributed by atoms with Crippen molar-refractivity contribution in [2.24, 2.45) is 0 Å². The van der Waals surface area contributed by atoms with Crippen molar-refractivity contribution in [3.8, 4) is 0 Å². The summed E-state index contributed by atoms with van der Waals surface area (Å²) in [5.74, 6) is 0. The first-order valence-corrected chi connectivity index (χ1v) is 3.74. The van der Waals surface area contributed by atoms with E-state index in [1.807, 2.05) is 0 Å². The lowest BCUT2D eigenvalue weighted by Gasteiger charge is -1.90. The van der Waals surface area contributed by atoms with Crippen LogP contribution in [0, 0.1) is 13.1 Å². The second kappa shape index (κ2) is 2.08. The molecule has 1 aliphatic rings. The van der Waals surface area contributed by atoms with Gasteiger partial charge in [0.1, 0.15) is 6.20 Å². The van der Waals surface area contributed by atoms with Gasteiger partial charge < -0.3 is 0 Å². The first-order chi connectivity index (χ1) is 5.27. The third kappa shape index (κ3) is 0.903. The van der Waals surface area contributed by atoms with E-state index >= 15 is 0 Å². The molecule has 1 heterocycles. The Kier molecular flexibility index (Phi) is 1.21. The minimum absolute atomic E-state index is 1.18. The number of fused-ring (bicyclic) bond motifs is 1. The zero-order valence-corrected chi connectivity index (χ0v) is 6.73. The monoisotopic (exact) mass is 144 g/mol. The fourth-order valence-corrected chi connectivity index (χ4v) is 1.32. The number of rotatable bonds is 0. The van der Waals surface area contributed by atoms with Crippen LogP contribution < -0.4 is 5.32 Å². The van der Waals surface area contributed by atoms with Crippen LogP contribution in [0.1, 0.15) is 18.1 Å². The van der Waals surface area contributed by atoms with Crippen molar-refractivity contribution in [1.29, 1.82) is 0 Å². The second-order valence-corrected chi connectivity index (χ2v) is 2.92. The van der Waals surface area contributed by atoms with E-state index < -0.39 is 0 Å². The predicted molar refractivity (Wildman–Crippen MR) is 47.1 cm³/mol. The van der Waals surface area contributed by atoms with Gasteiger partial charge in [-0.2, -0.15) is 5.32 Å². The summed E-state index contributed by atoms with van der Waals surface area (Å²) in [7, 11) is 0. The van der Waals surface area contributed by atoms with Gasteiger partial charge in [-0.05, 0) is 25.5 Å². The molecule has 1 N–H and O–H groups in total. The van der Waals surface area contributed by atoms with Crippen LogP contribution in [-0.2, 0) is 0 Å². The molecule has 1 aliphatic heterocycles. The number of aryl methyl sites for hydroxylation is 1. The molecule has 1 heteroatoms. The maximum Gasteiger partial charge on any atom is 0.198 e. The minimum atomic E-state index is 1.18. The van der Waals surface area contributed by atoms with E-state index in [1.54, 1.807) is 0 Å². The van der Waals surface area contributed by atoms with Gasteiger partial charge in [0.15, 0.2) is 16.8 Å². The summed E-state index contributed by atoms with van der Waals surface area (Å²) in [5.41, 5.74) is 4.94. The van der Waals surface area contributed by atoms with Crippen LogP contribution in [0.2, 0.25) is 0 Å². The molecule has 0 amide bonds. The molecule has 0 saturated carbocycles. The predicted octanol–water partition coefficient (Wildman–Crippen LogP) is 2.58. The zero-order valence-electron chi connectivity index (χ0n) is 6.73. The Labute approximate surface area is 66.7 Å². The van der Waals surface area contributed by atoms with Gasteiger partial charge in [-0.1, -0.05) is 0 Å². The summed E-state index contributed by atoms with van der Waals surface area (Å²) in [4.78, 5) is 0. The molecule has 54 valence electrons. The molecule has 0 aromatic heterocycles. The zero-order chi connectivity index (χ0) is 7.84. The molecule has 2 rings (SSSR count). The Bertz CT molecular complexity index is 324. The summed E-state index contributed by atoms with van der Waals surface area (Å²) < 4.78 is 0. The molecule has 0 radical (unpaired) electrons. The second-order valence-electron chi connectivity index (χ2n) is 2.92. The van der Waals surface area contributed by atoms with Gasteiger partial charge >= 0.3 is 0 Å². The molecule has 0 unspecified atom stereocenters. The van der Waals surface area contributed by atoms with Gasteiger partial charge in [-0.25, -0.2) is 0 Å². The van der Waals surface area contributed by atoms with E-state index in [0.29, 0.717) is 0 Å². The van der Waals surface area contributed by atoms with Crippen molar-refractivity contribution < 1.29 is 0 Å². The van der Waals surface area contributed by atoms with Crippen molar-refractivity contribution in [3.05, 3.63) is 35.5 Å². The maximum atomic E-state index is 3.10. The van der Waals surface area contributed by atoms with E-state index in [4.69, 9.17) is 0 Å². The molecule has 1 nitrogen and oxygen atoms in total. The summed E-state index contributed by atoms with van der Waals surface area (Å²) in [6.45, 7) is 4.16. The first kappa shape index (κ1) is 6.38. The highest BCUT2D eigenvalue weighted by Crippen LogP contribution is 2.29. The number of nitrogens with one attached hydrogen (secondary N) is 1. The fraction of sp³-hybridized carbons (Fsp3) is 0.200. The molecule has 0 bridgehead atoms. The van der Waals surface area contributed by atoms with Crippen molar-refractivity contribution >= 4 is 11.3 Å². The maximum absolute atomic E-state index is 3.10. The van der Waals surface area contributed by atoms with E-state index in [2.05, 4.69) is 43.6 Å². The number of hydrogen-bond donors (Lipinski definition) is 1. The smallest absolute Gasteiger partial charge is 0.197 e. The summed E-state index contributed by atoms with van der Waals surface area (Å²) in [6.07, 6.45) is 3.08. The fourth-order valence-electron chi connectivity index (χ4n) is 1.32. The van der Waals surface area contributed by atoms with Crippen LogP contribution >= 0.6 is 0 Å². The van der Waals surface area contributed by atoms with Crippen LogP contribution in [-0.4, -0.2) is 0 Å². The van der Waals surface area contributed by atoms with Gasteiger partial charge in [-0.15, -0.1) is 0 Å². The van der Waals surface area contributed by atoms with Crippen molar-refractivity contribution in [1.82, 2.24) is 0 Å². The molecule has 0 spiro atoms. The Hall–Kier alpha value is -1.33. The van der Waals surface area contributed by atoms with E-state index in [-0.39, 0.29) is 0 Å². The summed E-state index contributed by atoms with van der Waals surface area (Å²) in [5, 5.41) is 3.10. The lowest BCUT2D eigenvalue weighted by atomic mass is 10.1. The van der Waals surface area contributed by atoms with Gasteiger partial charge in [0.25, 0.3) is 0 Å². The lowest BCUT2D eigenvalue weighted by Crippen LogP contribution is -1.83. The largest absolute Gasteiger partial charge is 0.198 e. The third-order valence-corrected chi connectivity index (χ3v) is 1.96. The van der Waals surface area contributed by atoms with Crippen molar-refractivity contribution in [2.75, 3.05) is 5.32 Å². The van der Waals surface area contributed by atoms with E-state index in [9.17, 15) is 0 Å². The van der Waals surface area contributed by atoms with Crippen LogP contribution in [0.3, 0.4) is 0 Å². The Balaban J connectivity index is 2.58. The van der Waals surface area contributed by atoms with E-state index in [1.165, 1.54) is 22.4 Å². The highest BCUT2D eigenvalue weighted by molar-refractivity contribution is 5.80. The Morgan fingerprint density at radius 2 is 2.09 bits per heavy atom. The van der Waals surface area contributed by atoms with Crippen LogP contribution in [0.4, 0.5) is 5.69 Å². The van der Waals surface area contributed by atoms with Gasteiger partial charge in [-0.3, -0.25) is 0 Å². The van der Waals surface area contributed by atoms with Gasteiger partial charge in [0.05, 0.1) is 0 Å². The molecule has 0 saturated heterocycles. The average molecular weight is 144 g/mol. The van der Waals surface area contributed by atoms with Gasteiger partial charge in [0.2, 0.25) is 0 Å². The Morgan fingerprint density at radius 3 is 2.91 bits per heavy atom. The number of allylic oxidation sites excluding steroid dienone is 1. The number of hydrogen-bond acceptors (Lipinski definition) is 1.